The van der Waals surface area contributed by atoms with Gasteiger partial charge in [0.2, 0.25) is 41.4 Å². The number of amides is 7. The molecule has 16 atom stereocenters. The fourth-order valence-electron chi connectivity index (χ4n) is 13.8. The Labute approximate surface area is 637 Å². The van der Waals surface area contributed by atoms with E-state index in [1.54, 1.807) is 0 Å². The highest BCUT2D eigenvalue weighted by Crippen LogP contribution is 2.40. The summed E-state index contributed by atoms with van der Waals surface area (Å²) in [6.07, 6.45) is -6.80. The van der Waals surface area contributed by atoms with Crippen LogP contribution in [0.4, 0.5) is 0 Å². The fraction of sp³-hybridized carbons (Fsp3) is 0.887. The smallest absolute Gasteiger partial charge is 0.221 e. The number of aliphatic hydroxyl groups excluding tert-OH is 9. The third-order valence-corrected chi connectivity index (χ3v) is 19.7. The Morgan fingerprint density at radius 2 is 0.743 bits per heavy atom. The first-order chi connectivity index (χ1) is 52.4. The molecule has 38 nitrogen and oxygen atoms in total. The van der Waals surface area contributed by atoms with Crippen LogP contribution in [0.2, 0.25) is 0 Å². The number of hydrogen-bond acceptors (Lipinski definition) is 31. The van der Waals surface area contributed by atoms with E-state index in [0.717, 1.165) is 37.5 Å². The maximum Gasteiger partial charge on any atom is 0.221 e. The molecular weight excluding hydrogens is 1440 g/mol. The van der Waals surface area contributed by atoms with Crippen molar-refractivity contribution in [1.29, 1.82) is 0 Å². The van der Waals surface area contributed by atoms with Crippen molar-refractivity contribution >= 4 is 47.1 Å². The Hall–Kier alpha value is -4.96. The van der Waals surface area contributed by atoms with Gasteiger partial charge in [-0.05, 0) is 70.1 Å². The molecule has 38 heteroatoms. The number of nitrogens with one attached hydrogen (secondary N) is 8. The molecule has 5 fully saturated rings. The lowest BCUT2D eigenvalue weighted by Gasteiger charge is -2.42. The van der Waals surface area contributed by atoms with Gasteiger partial charge in [0, 0.05) is 78.0 Å². The van der Waals surface area contributed by atoms with E-state index in [4.69, 9.17) is 61.6 Å². The van der Waals surface area contributed by atoms with Gasteiger partial charge in [-0.2, -0.15) is 0 Å². The Balaban J connectivity index is 1.13. The summed E-state index contributed by atoms with van der Waals surface area (Å²) in [6, 6.07) is -3.35. The van der Waals surface area contributed by atoms with Crippen LogP contribution in [-0.2, 0) is 99.9 Å². The topological polar surface area (TPSA) is 535 Å². The number of hydrogen-bond donors (Lipinski definition) is 17. The van der Waals surface area contributed by atoms with E-state index in [1.807, 2.05) is 6.92 Å². The normalized spacial score (nSPS) is 28.1. The molecule has 0 radical (unpaired) electrons. The molecule has 3 saturated heterocycles. The van der Waals surface area contributed by atoms with Crippen molar-refractivity contribution < 1.29 is 146 Å². The predicted octanol–water partition coefficient (Wildman–Crippen LogP) is -5.05. The van der Waals surface area contributed by atoms with Crippen LogP contribution < -0.4 is 42.5 Å². The second-order valence-corrected chi connectivity index (χ2v) is 28.1. The van der Waals surface area contributed by atoms with Crippen molar-refractivity contribution in [2.24, 2.45) is 11.8 Å². The molecule has 17 N–H and O–H groups in total. The molecule has 2 aliphatic carbocycles. The molecule has 109 heavy (non-hydrogen) atoms. The summed E-state index contributed by atoms with van der Waals surface area (Å²) < 4.78 is 73.7. The van der Waals surface area contributed by atoms with Gasteiger partial charge in [-0.1, -0.05) is 25.7 Å². The van der Waals surface area contributed by atoms with Gasteiger partial charge in [0.15, 0.2) is 18.9 Å². The van der Waals surface area contributed by atoms with Crippen LogP contribution in [-0.4, -0.2) is 348 Å². The molecule has 2 saturated carbocycles. The minimum absolute atomic E-state index is 0.0178. The van der Waals surface area contributed by atoms with E-state index >= 15 is 0 Å². The zero-order chi connectivity index (χ0) is 79.5. The summed E-state index contributed by atoms with van der Waals surface area (Å²) in [7, 11) is 0. The molecule has 7 amide bonds. The Bertz CT molecular complexity index is 2410. The minimum Gasteiger partial charge on any atom is -0.394 e. The van der Waals surface area contributed by atoms with Crippen molar-refractivity contribution in [2.75, 3.05) is 145 Å². The molecule has 5 rings (SSSR count). The number of aliphatic hydroxyl groups is 9. The summed E-state index contributed by atoms with van der Waals surface area (Å²) in [5, 5.41) is 113. The molecule has 3 heterocycles. The van der Waals surface area contributed by atoms with Gasteiger partial charge in [-0.15, -0.1) is 0 Å². The van der Waals surface area contributed by atoms with Gasteiger partial charge in [0.05, 0.1) is 132 Å². The lowest BCUT2D eigenvalue weighted by atomic mass is 9.78. The zero-order valence-electron chi connectivity index (χ0n) is 63.6. The Morgan fingerprint density at radius 3 is 1.08 bits per heavy atom. The maximum atomic E-state index is 13.8. The van der Waals surface area contributed by atoms with E-state index in [2.05, 4.69) is 42.5 Å². The molecule has 0 aromatic carbocycles. The van der Waals surface area contributed by atoms with Crippen molar-refractivity contribution in [3.63, 3.8) is 0 Å². The quantitative estimate of drug-likeness (QED) is 0.0200. The van der Waals surface area contributed by atoms with Gasteiger partial charge >= 0.3 is 0 Å². The number of Topliss-reactive ketones (excluding diaryl/α,β-unsaturated/α-hetero) is 1. The Morgan fingerprint density at radius 1 is 0.413 bits per heavy atom. The molecule has 0 spiro atoms. The molecule has 5 aliphatic rings. The summed E-state index contributed by atoms with van der Waals surface area (Å²) in [5.41, 5.74) is -1.17. The molecular formula is C71H126N8O30. The highest BCUT2D eigenvalue weighted by Gasteiger charge is 2.48. The highest BCUT2D eigenvalue weighted by atomic mass is 16.7. The zero-order valence-corrected chi connectivity index (χ0v) is 63.6. The van der Waals surface area contributed by atoms with E-state index in [9.17, 15) is 84.3 Å². The number of ketones is 1. The van der Waals surface area contributed by atoms with Crippen molar-refractivity contribution in [3.05, 3.63) is 0 Å². The van der Waals surface area contributed by atoms with Crippen LogP contribution in [0.15, 0.2) is 0 Å². The monoisotopic (exact) mass is 1570 g/mol. The number of rotatable bonds is 56. The largest absolute Gasteiger partial charge is 0.394 e. The van der Waals surface area contributed by atoms with Crippen LogP contribution in [0, 0.1) is 11.8 Å². The van der Waals surface area contributed by atoms with Crippen molar-refractivity contribution in [3.8, 4) is 0 Å². The van der Waals surface area contributed by atoms with E-state index in [-0.39, 0.29) is 201 Å². The SMILES string of the molecule is CC(=O)NC1C(OCCOCCOCCNC(=O)CCC(CCC(=O)NCCOCCOCCOC2OC(CO)C(O)C(O)C2NC(C)=O)(CCC(=O)NCCOCCOCCOC2OC(CO)C(O)C(O)C2NC(C)=O)NCC(=O)CCCC(=O)NC(C)OC2CCC(C3CCCC3)CC2)OC(CO)C(O)C1O. The molecule has 630 valence electrons. The van der Waals surface area contributed by atoms with Crippen LogP contribution in [0.1, 0.15) is 137 Å². The van der Waals surface area contributed by atoms with Crippen LogP contribution in [0.3, 0.4) is 0 Å². The summed E-state index contributed by atoms with van der Waals surface area (Å²) in [6.45, 7) is 4.63. The second-order valence-electron chi connectivity index (χ2n) is 28.1. The summed E-state index contributed by atoms with van der Waals surface area (Å²) >= 11 is 0. The van der Waals surface area contributed by atoms with Crippen LogP contribution in [0.25, 0.3) is 0 Å². The van der Waals surface area contributed by atoms with Gasteiger partial charge < -0.3 is 150 Å². The van der Waals surface area contributed by atoms with E-state index < -0.39 is 159 Å². The molecule has 0 aromatic rings. The van der Waals surface area contributed by atoms with E-state index in [0.29, 0.717) is 0 Å². The standard InChI is InChI=1S/C71H126N8O30/c1-44(83)76-59-65(94)62(91)52(41-80)107-68(59)103-37-34-100-31-28-97-25-22-72-55(87)16-19-71(75-40-50(86)10-7-11-58(90)79-47(4)106-51-14-12-49(13-15-51)48-8-5-6-9-48,20-17-56(88)73-23-26-98-29-32-101-35-38-104-69-60(77-45(2)84)66(95)63(92)53(42-81)108-69)21-18-57(89)74-24-27-99-30-33-102-36-39-105-70-61(78-46(3)85)67(96)64(93)54(43-82)109-70/h47-49,51-54,59-70,75,80-82,91-96H,5-43H2,1-4H3,(H,72,87)(H,73,88)(H,74,89)(H,76,83)(H,77,84)(H,78,85)(H,79,90). The molecule has 0 aromatic heterocycles. The maximum absolute atomic E-state index is 13.8. The van der Waals surface area contributed by atoms with Gasteiger partial charge in [-0.25, -0.2) is 0 Å². The highest BCUT2D eigenvalue weighted by molar-refractivity contribution is 5.82. The first-order valence-corrected chi connectivity index (χ1v) is 38.4. The van der Waals surface area contributed by atoms with Crippen molar-refractivity contribution in [1.82, 2.24) is 42.5 Å². The second kappa shape index (κ2) is 53.2. The fourth-order valence-corrected chi connectivity index (χ4v) is 13.8. The van der Waals surface area contributed by atoms with Gasteiger partial charge in [0.25, 0.3) is 0 Å². The van der Waals surface area contributed by atoms with Crippen molar-refractivity contribution in [2.45, 2.75) is 247 Å². The van der Waals surface area contributed by atoms with Crippen LogP contribution >= 0.6 is 0 Å². The number of carbonyl (C=O) groups is 8. The predicted molar refractivity (Wildman–Crippen MR) is 382 cm³/mol. The lowest BCUT2D eigenvalue weighted by molar-refractivity contribution is -0.272. The Kier molecular flexibility index (Phi) is 46.2. The van der Waals surface area contributed by atoms with Gasteiger partial charge in [0.1, 0.15) is 85.1 Å². The average Bonchev–Trinajstić information content (AvgIpc) is 1.23. The number of carbonyl (C=O) groups excluding carboxylic acids is 8. The average molecular weight is 1570 g/mol. The van der Waals surface area contributed by atoms with E-state index in [1.165, 1.54) is 46.5 Å². The summed E-state index contributed by atoms with van der Waals surface area (Å²) in [4.78, 5) is 103. The third kappa shape index (κ3) is 36.0. The third-order valence-electron chi connectivity index (χ3n) is 19.7. The summed E-state index contributed by atoms with van der Waals surface area (Å²) in [5.74, 6) is -1.66. The van der Waals surface area contributed by atoms with Gasteiger partial charge in [-0.3, -0.25) is 38.4 Å². The molecule has 0 bridgehead atoms. The molecule has 16 unspecified atom stereocenters. The minimum atomic E-state index is -1.48. The molecule has 3 aliphatic heterocycles. The van der Waals surface area contributed by atoms with Crippen LogP contribution in [0.5, 0.6) is 0 Å². The first-order valence-electron chi connectivity index (χ1n) is 38.4. The first kappa shape index (κ1) is 94.6. The lowest BCUT2D eigenvalue weighted by Crippen LogP contribution is -2.64. The number of ether oxygens (including phenoxy) is 13.